The molecule has 4 nitrogen and oxygen atoms in total. The van der Waals surface area contributed by atoms with Gasteiger partial charge in [-0.15, -0.1) is 0 Å². The summed E-state index contributed by atoms with van der Waals surface area (Å²) in [6.07, 6.45) is 3.49. The maximum atomic E-state index is 12.0. The minimum absolute atomic E-state index is 0.00942. The van der Waals surface area contributed by atoms with Crippen molar-refractivity contribution in [2.24, 2.45) is 5.41 Å². The van der Waals surface area contributed by atoms with Gasteiger partial charge < -0.3 is 10.0 Å². The zero-order chi connectivity index (χ0) is 11.2. The van der Waals surface area contributed by atoms with Gasteiger partial charge in [0, 0.05) is 6.04 Å². The van der Waals surface area contributed by atoms with E-state index in [-0.39, 0.29) is 11.9 Å². The molecule has 2 rings (SSSR count). The fraction of sp³-hybridized carbons (Fsp3) is 0.818. The normalized spacial score (nSPS) is 28.6. The van der Waals surface area contributed by atoms with Gasteiger partial charge in [-0.2, -0.15) is 0 Å². The largest absolute Gasteiger partial charge is 0.480 e. The minimum atomic E-state index is -0.842. The van der Waals surface area contributed by atoms with Crippen molar-refractivity contribution in [1.82, 2.24) is 4.90 Å². The smallest absolute Gasteiger partial charge is 0.327 e. The Balaban J connectivity index is 2.28. The van der Waals surface area contributed by atoms with Crippen LogP contribution in [0.4, 0.5) is 0 Å². The molecule has 1 atom stereocenters. The third kappa shape index (κ3) is 1.20. The van der Waals surface area contributed by atoms with Gasteiger partial charge in [-0.05, 0) is 26.7 Å². The predicted molar refractivity (Wildman–Crippen MR) is 54.3 cm³/mol. The van der Waals surface area contributed by atoms with Crippen molar-refractivity contribution in [3.8, 4) is 0 Å². The lowest BCUT2D eigenvalue weighted by molar-refractivity contribution is -0.187. The molecule has 1 amide bonds. The fourth-order valence-electron chi connectivity index (χ4n) is 3.07. The average molecular weight is 211 g/mol. The van der Waals surface area contributed by atoms with Crippen molar-refractivity contribution in [2.75, 3.05) is 0 Å². The SMILES string of the molecule is CC(C)N1C(=O)C2(CCCC2)[C@H]1C(=O)O. The molecule has 0 aromatic rings. The molecule has 0 aromatic heterocycles. The highest BCUT2D eigenvalue weighted by Crippen LogP contribution is 2.52. The van der Waals surface area contributed by atoms with E-state index >= 15 is 0 Å². The first kappa shape index (κ1) is 10.5. The maximum Gasteiger partial charge on any atom is 0.327 e. The molecular formula is C11H17NO3. The Morgan fingerprint density at radius 3 is 2.40 bits per heavy atom. The lowest BCUT2D eigenvalue weighted by Crippen LogP contribution is -2.72. The van der Waals surface area contributed by atoms with E-state index < -0.39 is 17.4 Å². The first-order valence-electron chi connectivity index (χ1n) is 5.56. The van der Waals surface area contributed by atoms with Gasteiger partial charge in [-0.25, -0.2) is 4.79 Å². The first-order valence-corrected chi connectivity index (χ1v) is 5.56. The summed E-state index contributed by atoms with van der Waals surface area (Å²) in [7, 11) is 0. The zero-order valence-electron chi connectivity index (χ0n) is 9.19. The summed E-state index contributed by atoms with van der Waals surface area (Å²) in [5.74, 6) is -0.785. The Morgan fingerprint density at radius 1 is 1.47 bits per heavy atom. The van der Waals surface area contributed by atoms with Crippen LogP contribution in [0.3, 0.4) is 0 Å². The van der Waals surface area contributed by atoms with Crippen molar-refractivity contribution in [3.63, 3.8) is 0 Å². The average Bonchev–Trinajstić information content (AvgIpc) is 2.62. The van der Waals surface area contributed by atoms with Crippen LogP contribution in [-0.4, -0.2) is 34.0 Å². The number of aliphatic carboxylic acids is 1. The lowest BCUT2D eigenvalue weighted by Gasteiger charge is -2.54. The summed E-state index contributed by atoms with van der Waals surface area (Å²) in [5.41, 5.74) is -0.546. The van der Waals surface area contributed by atoms with Crippen LogP contribution in [0.2, 0.25) is 0 Å². The molecule has 15 heavy (non-hydrogen) atoms. The van der Waals surface area contributed by atoms with E-state index in [1.165, 1.54) is 4.90 Å². The summed E-state index contributed by atoms with van der Waals surface area (Å²) in [4.78, 5) is 24.7. The highest BCUT2D eigenvalue weighted by Gasteiger charge is 2.64. The number of carbonyl (C=O) groups is 2. The first-order chi connectivity index (χ1) is 7.00. The van der Waals surface area contributed by atoms with Gasteiger partial charge in [0.1, 0.15) is 6.04 Å². The third-order valence-corrected chi connectivity index (χ3v) is 3.75. The summed E-state index contributed by atoms with van der Waals surface area (Å²) < 4.78 is 0. The molecule has 2 aliphatic rings. The number of carboxylic acids is 1. The molecule has 0 aromatic carbocycles. The van der Waals surface area contributed by atoms with Gasteiger partial charge in [0.15, 0.2) is 0 Å². The number of hydrogen-bond acceptors (Lipinski definition) is 2. The standard InChI is InChI=1S/C11H17NO3/c1-7(2)12-8(9(13)14)11(10(12)15)5-3-4-6-11/h7-8H,3-6H2,1-2H3,(H,13,14)/t8-/m1/s1. The van der Waals surface area contributed by atoms with Gasteiger partial charge >= 0.3 is 5.97 Å². The quantitative estimate of drug-likeness (QED) is 0.699. The van der Waals surface area contributed by atoms with Crippen LogP contribution in [0.25, 0.3) is 0 Å². The molecule has 0 radical (unpaired) electrons. The van der Waals surface area contributed by atoms with E-state index in [0.29, 0.717) is 0 Å². The number of amides is 1. The van der Waals surface area contributed by atoms with Gasteiger partial charge in [0.25, 0.3) is 0 Å². The molecular weight excluding hydrogens is 194 g/mol. The Bertz CT molecular complexity index is 305. The topological polar surface area (TPSA) is 57.6 Å². The lowest BCUT2D eigenvalue weighted by atomic mass is 9.68. The number of β-lactam (4-membered cyclic amide) rings is 1. The van der Waals surface area contributed by atoms with Crippen molar-refractivity contribution in [3.05, 3.63) is 0 Å². The Labute approximate surface area is 89.3 Å². The second-order valence-corrected chi connectivity index (χ2v) is 4.91. The van der Waals surface area contributed by atoms with Crippen LogP contribution in [0.5, 0.6) is 0 Å². The Kier molecular flexibility index (Phi) is 2.24. The Morgan fingerprint density at radius 2 is 2.00 bits per heavy atom. The van der Waals surface area contributed by atoms with E-state index in [1.54, 1.807) is 0 Å². The molecule has 1 aliphatic heterocycles. The molecule has 1 spiro atoms. The van der Waals surface area contributed by atoms with E-state index in [2.05, 4.69) is 0 Å². The molecule has 0 unspecified atom stereocenters. The maximum absolute atomic E-state index is 12.0. The van der Waals surface area contributed by atoms with Crippen molar-refractivity contribution in [1.29, 1.82) is 0 Å². The van der Waals surface area contributed by atoms with Crippen molar-refractivity contribution < 1.29 is 14.7 Å². The van der Waals surface area contributed by atoms with Crippen LogP contribution < -0.4 is 0 Å². The van der Waals surface area contributed by atoms with Crippen molar-refractivity contribution >= 4 is 11.9 Å². The highest BCUT2D eigenvalue weighted by atomic mass is 16.4. The van der Waals surface area contributed by atoms with Gasteiger partial charge in [0.2, 0.25) is 5.91 Å². The fourth-order valence-corrected chi connectivity index (χ4v) is 3.07. The van der Waals surface area contributed by atoms with Crippen LogP contribution >= 0.6 is 0 Å². The molecule has 84 valence electrons. The monoisotopic (exact) mass is 211 g/mol. The number of hydrogen-bond donors (Lipinski definition) is 1. The van der Waals surface area contributed by atoms with Crippen LogP contribution in [0.15, 0.2) is 0 Å². The van der Waals surface area contributed by atoms with Gasteiger partial charge in [-0.3, -0.25) is 4.79 Å². The van der Waals surface area contributed by atoms with Crippen LogP contribution in [0.1, 0.15) is 39.5 Å². The molecule has 1 N–H and O–H groups in total. The highest BCUT2D eigenvalue weighted by molar-refractivity contribution is 6.00. The number of carbonyl (C=O) groups excluding carboxylic acids is 1. The number of nitrogens with zero attached hydrogens (tertiary/aromatic N) is 1. The third-order valence-electron chi connectivity index (χ3n) is 3.75. The molecule has 1 heterocycles. The Hall–Kier alpha value is -1.06. The van der Waals surface area contributed by atoms with Crippen LogP contribution in [0, 0.1) is 5.41 Å². The van der Waals surface area contributed by atoms with E-state index in [1.807, 2.05) is 13.8 Å². The summed E-state index contributed by atoms with van der Waals surface area (Å²) in [6.45, 7) is 3.74. The van der Waals surface area contributed by atoms with Gasteiger partial charge in [0.05, 0.1) is 5.41 Å². The van der Waals surface area contributed by atoms with E-state index in [9.17, 15) is 14.7 Å². The van der Waals surface area contributed by atoms with Gasteiger partial charge in [-0.1, -0.05) is 12.8 Å². The predicted octanol–water partition coefficient (Wildman–Crippen LogP) is 1.25. The van der Waals surface area contributed by atoms with E-state index in [4.69, 9.17) is 0 Å². The summed E-state index contributed by atoms with van der Waals surface area (Å²) in [6, 6.07) is -0.586. The number of carboxylic acid groups (broad SMARTS) is 1. The molecule has 1 saturated carbocycles. The molecule has 4 heteroatoms. The number of likely N-dealkylation sites (tertiary alicyclic amines) is 1. The van der Waals surface area contributed by atoms with E-state index in [0.717, 1.165) is 25.7 Å². The second kappa shape index (κ2) is 3.22. The summed E-state index contributed by atoms with van der Waals surface area (Å²) in [5, 5.41) is 9.20. The zero-order valence-corrected chi connectivity index (χ0v) is 9.19. The summed E-state index contributed by atoms with van der Waals surface area (Å²) >= 11 is 0. The molecule has 2 fully saturated rings. The second-order valence-electron chi connectivity index (χ2n) is 4.91. The molecule has 0 bridgehead atoms. The molecule has 1 aliphatic carbocycles. The number of rotatable bonds is 2. The minimum Gasteiger partial charge on any atom is -0.480 e. The van der Waals surface area contributed by atoms with Crippen molar-refractivity contribution in [2.45, 2.75) is 51.6 Å². The van der Waals surface area contributed by atoms with Crippen LogP contribution in [-0.2, 0) is 9.59 Å². The molecule has 1 saturated heterocycles.